The Kier molecular flexibility index (Phi) is 6.23. The monoisotopic (exact) mass is 317 g/mol. The van der Waals surface area contributed by atoms with E-state index in [0.717, 1.165) is 18.4 Å². The van der Waals surface area contributed by atoms with Crippen molar-refractivity contribution in [3.8, 4) is 0 Å². The van der Waals surface area contributed by atoms with Gasteiger partial charge in [-0.1, -0.05) is 58.0 Å². The van der Waals surface area contributed by atoms with Gasteiger partial charge in [-0.25, -0.2) is 0 Å². The fraction of sp³-hybridized carbons (Fsp3) is 0.650. The lowest BCUT2D eigenvalue weighted by Gasteiger charge is -2.23. The van der Waals surface area contributed by atoms with E-state index >= 15 is 0 Å². The summed E-state index contributed by atoms with van der Waals surface area (Å²) >= 11 is 0. The highest BCUT2D eigenvalue weighted by Gasteiger charge is 2.42. The highest BCUT2D eigenvalue weighted by Crippen LogP contribution is 2.35. The van der Waals surface area contributed by atoms with Crippen molar-refractivity contribution >= 4 is 5.91 Å². The molecule has 0 bridgehead atoms. The SMILES string of the molecule is CC(C)C[C@@H]1O[C@H]1C[C@H](C(=O)N[C@@H](C)c1ccccc1)C(C)C. The van der Waals surface area contributed by atoms with Gasteiger partial charge >= 0.3 is 0 Å². The van der Waals surface area contributed by atoms with Gasteiger partial charge in [0, 0.05) is 5.92 Å². The average Bonchev–Trinajstić information content (AvgIpc) is 3.22. The Bertz CT molecular complexity index is 498. The van der Waals surface area contributed by atoms with Gasteiger partial charge in [-0.3, -0.25) is 4.79 Å². The first kappa shape index (κ1) is 18.0. The van der Waals surface area contributed by atoms with Gasteiger partial charge in [0.05, 0.1) is 18.2 Å². The third-order valence-corrected chi connectivity index (χ3v) is 4.68. The maximum atomic E-state index is 12.7. The third-order valence-electron chi connectivity index (χ3n) is 4.68. The molecular weight excluding hydrogens is 286 g/mol. The van der Waals surface area contributed by atoms with Crippen LogP contribution in [-0.2, 0) is 9.53 Å². The van der Waals surface area contributed by atoms with Crippen molar-refractivity contribution < 1.29 is 9.53 Å². The number of hydrogen-bond acceptors (Lipinski definition) is 2. The van der Waals surface area contributed by atoms with E-state index in [1.807, 2.05) is 25.1 Å². The molecule has 1 amide bonds. The number of hydrogen-bond donors (Lipinski definition) is 1. The van der Waals surface area contributed by atoms with Crippen LogP contribution >= 0.6 is 0 Å². The molecular formula is C20H31NO2. The molecule has 23 heavy (non-hydrogen) atoms. The van der Waals surface area contributed by atoms with E-state index in [9.17, 15) is 4.79 Å². The Morgan fingerprint density at radius 2 is 1.65 bits per heavy atom. The van der Waals surface area contributed by atoms with Gasteiger partial charge in [0.25, 0.3) is 0 Å². The molecule has 0 aromatic heterocycles. The van der Waals surface area contributed by atoms with Gasteiger partial charge < -0.3 is 10.1 Å². The van der Waals surface area contributed by atoms with E-state index in [0.29, 0.717) is 17.9 Å². The van der Waals surface area contributed by atoms with Crippen LogP contribution in [0.5, 0.6) is 0 Å². The number of carbonyl (C=O) groups is 1. The van der Waals surface area contributed by atoms with Crippen molar-refractivity contribution in [1.82, 2.24) is 5.32 Å². The quantitative estimate of drug-likeness (QED) is 0.725. The van der Waals surface area contributed by atoms with Gasteiger partial charge in [0.15, 0.2) is 0 Å². The van der Waals surface area contributed by atoms with Crippen molar-refractivity contribution in [1.29, 1.82) is 0 Å². The number of benzene rings is 1. The fourth-order valence-corrected chi connectivity index (χ4v) is 3.14. The minimum absolute atomic E-state index is 0.0170. The zero-order chi connectivity index (χ0) is 17.0. The Morgan fingerprint density at radius 1 is 1.04 bits per heavy atom. The van der Waals surface area contributed by atoms with Gasteiger partial charge in [0.1, 0.15) is 0 Å². The van der Waals surface area contributed by atoms with Crippen molar-refractivity contribution in [2.75, 3.05) is 0 Å². The van der Waals surface area contributed by atoms with Crippen molar-refractivity contribution in [3.05, 3.63) is 35.9 Å². The molecule has 0 unspecified atom stereocenters. The molecule has 0 saturated carbocycles. The second-order valence-electron chi connectivity index (χ2n) is 7.57. The highest BCUT2D eigenvalue weighted by molar-refractivity contribution is 5.79. The molecule has 128 valence electrons. The summed E-state index contributed by atoms with van der Waals surface area (Å²) in [4.78, 5) is 12.7. The molecule has 1 heterocycles. The molecule has 3 nitrogen and oxygen atoms in total. The number of amides is 1. The molecule has 1 aromatic carbocycles. The van der Waals surface area contributed by atoms with Gasteiger partial charge in [-0.2, -0.15) is 0 Å². The average molecular weight is 317 g/mol. The number of epoxide rings is 1. The Morgan fingerprint density at radius 3 is 2.22 bits per heavy atom. The van der Waals surface area contributed by atoms with Crippen LogP contribution in [0.1, 0.15) is 59.1 Å². The molecule has 0 aliphatic carbocycles. The van der Waals surface area contributed by atoms with Crippen molar-refractivity contribution in [2.45, 2.75) is 65.7 Å². The van der Waals surface area contributed by atoms with E-state index in [-0.39, 0.29) is 24.0 Å². The first-order valence-electron chi connectivity index (χ1n) is 8.89. The molecule has 1 aliphatic rings. The Labute approximate surface area is 140 Å². The summed E-state index contributed by atoms with van der Waals surface area (Å²) < 4.78 is 5.77. The predicted molar refractivity (Wildman–Crippen MR) is 94.1 cm³/mol. The van der Waals surface area contributed by atoms with E-state index < -0.39 is 0 Å². The standard InChI is InChI=1S/C20H31NO2/c1-13(2)11-18-19(23-18)12-17(14(3)4)20(22)21-15(5)16-9-7-6-8-10-16/h6-10,13-15,17-19H,11-12H2,1-5H3,(H,21,22)/t15-,17-,18-,19-/m0/s1. The normalized spacial score (nSPS) is 22.9. The van der Waals surface area contributed by atoms with E-state index in [1.165, 1.54) is 0 Å². The Balaban J connectivity index is 1.89. The summed E-state index contributed by atoms with van der Waals surface area (Å²) in [6, 6.07) is 10.2. The van der Waals surface area contributed by atoms with Crippen LogP contribution in [0.3, 0.4) is 0 Å². The van der Waals surface area contributed by atoms with E-state index in [2.05, 4.69) is 45.1 Å². The lowest BCUT2D eigenvalue weighted by Crippen LogP contribution is -2.36. The third kappa shape index (κ3) is 5.35. The molecule has 0 radical (unpaired) electrons. The molecule has 0 spiro atoms. The van der Waals surface area contributed by atoms with Crippen molar-refractivity contribution in [2.24, 2.45) is 17.8 Å². The summed E-state index contributed by atoms with van der Waals surface area (Å²) in [6.07, 6.45) is 2.55. The summed E-state index contributed by atoms with van der Waals surface area (Å²) in [6.45, 7) is 10.7. The fourth-order valence-electron chi connectivity index (χ4n) is 3.14. The molecule has 3 heteroatoms. The Hall–Kier alpha value is -1.35. The number of carbonyl (C=O) groups excluding carboxylic acids is 1. The molecule has 1 fully saturated rings. The van der Waals surface area contributed by atoms with E-state index in [1.54, 1.807) is 0 Å². The number of ether oxygens (including phenoxy) is 1. The van der Waals surface area contributed by atoms with Gasteiger partial charge in [-0.15, -0.1) is 0 Å². The minimum Gasteiger partial charge on any atom is -0.370 e. The topological polar surface area (TPSA) is 41.6 Å². The maximum Gasteiger partial charge on any atom is 0.223 e. The largest absolute Gasteiger partial charge is 0.370 e. The second kappa shape index (κ2) is 7.96. The van der Waals surface area contributed by atoms with Crippen LogP contribution < -0.4 is 5.32 Å². The zero-order valence-electron chi connectivity index (χ0n) is 15.1. The lowest BCUT2D eigenvalue weighted by atomic mass is 9.88. The summed E-state index contributed by atoms with van der Waals surface area (Å²) in [5.74, 6) is 1.13. The van der Waals surface area contributed by atoms with Crippen molar-refractivity contribution in [3.63, 3.8) is 0 Å². The van der Waals surface area contributed by atoms with Crippen LogP contribution in [0.25, 0.3) is 0 Å². The minimum atomic E-state index is 0.0170. The summed E-state index contributed by atoms with van der Waals surface area (Å²) in [7, 11) is 0. The maximum absolute atomic E-state index is 12.7. The second-order valence-corrected chi connectivity index (χ2v) is 7.57. The molecule has 1 aromatic rings. The van der Waals surface area contributed by atoms with Gasteiger partial charge in [-0.05, 0) is 37.2 Å². The summed E-state index contributed by atoms with van der Waals surface area (Å²) in [5.41, 5.74) is 1.14. The molecule has 1 saturated heterocycles. The molecule has 1 aliphatic heterocycles. The molecule has 1 N–H and O–H groups in total. The smallest absolute Gasteiger partial charge is 0.223 e. The number of rotatable bonds is 8. The van der Waals surface area contributed by atoms with Crippen LogP contribution in [-0.4, -0.2) is 18.1 Å². The van der Waals surface area contributed by atoms with Gasteiger partial charge in [0.2, 0.25) is 5.91 Å². The van der Waals surface area contributed by atoms with Crippen LogP contribution in [0.4, 0.5) is 0 Å². The highest BCUT2D eigenvalue weighted by atomic mass is 16.6. The zero-order valence-corrected chi connectivity index (χ0v) is 15.1. The lowest BCUT2D eigenvalue weighted by molar-refractivity contribution is -0.127. The summed E-state index contributed by atoms with van der Waals surface area (Å²) in [5, 5.41) is 3.17. The first-order valence-corrected chi connectivity index (χ1v) is 8.89. The number of nitrogens with one attached hydrogen (secondary N) is 1. The predicted octanol–water partition coefficient (Wildman–Crippen LogP) is 4.34. The van der Waals surface area contributed by atoms with Crippen LogP contribution in [0.2, 0.25) is 0 Å². The molecule has 4 atom stereocenters. The van der Waals surface area contributed by atoms with Crippen LogP contribution in [0.15, 0.2) is 30.3 Å². The molecule has 2 rings (SSSR count). The first-order chi connectivity index (χ1) is 10.9. The van der Waals surface area contributed by atoms with E-state index in [4.69, 9.17) is 4.74 Å². The van der Waals surface area contributed by atoms with Crippen LogP contribution in [0, 0.1) is 17.8 Å².